The number of benzene rings is 2. The van der Waals surface area contributed by atoms with Crippen LogP contribution in [-0.2, 0) is 15.8 Å². The zero-order valence-electron chi connectivity index (χ0n) is 11.7. The molecular formula is C15H17FN2O2S. The molecule has 2 rings (SSSR count). The van der Waals surface area contributed by atoms with E-state index in [9.17, 15) is 12.8 Å². The molecule has 0 atom stereocenters. The van der Waals surface area contributed by atoms with Crippen LogP contribution in [0.15, 0.2) is 48.5 Å². The molecule has 2 aromatic carbocycles. The molecular weight excluding hydrogens is 291 g/mol. The summed E-state index contributed by atoms with van der Waals surface area (Å²) in [5.41, 5.74) is 6.78. The number of halogens is 1. The molecule has 0 aliphatic rings. The van der Waals surface area contributed by atoms with E-state index < -0.39 is 15.8 Å². The highest BCUT2D eigenvalue weighted by Crippen LogP contribution is 2.24. The normalized spacial score (nSPS) is 11.3. The third kappa shape index (κ3) is 3.52. The van der Waals surface area contributed by atoms with Crippen LogP contribution in [0.25, 0.3) is 0 Å². The topological polar surface area (TPSA) is 63.4 Å². The third-order valence-corrected chi connectivity index (χ3v) is 4.87. The van der Waals surface area contributed by atoms with Crippen molar-refractivity contribution in [1.29, 1.82) is 0 Å². The van der Waals surface area contributed by atoms with E-state index in [1.165, 1.54) is 18.2 Å². The first kappa shape index (κ1) is 15.3. The summed E-state index contributed by atoms with van der Waals surface area (Å²) in [6.07, 6.45) is 0. The minimum Gasteiger partial charge on any atom is -0.399 e. The summed E-state index contributed by atoms with van der Waals surface area (Å²) >= 11 is 0. The highest BCUT2D eigenvalue weighted by Gasteiger charge is 2.23. The Kier molecular flexibility index (Phi) is 4.47. The Labute approximate surface area is 124 Å². The van der Waals surface area contributed by atoms with Crippen molar-refractivity contribution in [2.45, 2.75) is 12.7 Å². The number of rotatable bonds is 5. The molecule has 21 heavy (non-hydrogen) atoms. The number of nitrogens with two attached hydrogens (primary N) is 1. The van der Waals surface area contributed by atoms with Crippen LogP contribution in [0, 0.1) is 5.82 Å². The minimum atomic E-state index is -3.68. The zero-order chi connectivity index (χ0) is 15.5. The van der Waals surface area contributed by atoms with Crippen LogP contribution in [0.2, 0.25) is 0 Å². The molecule has 0 saturated heterocycles. The number of nitrogens with zero attached hydrogens (tertiary/aromatic N) is 1. The van der Waals surface area contributed by atoms with Crippen LogP contribution in [0.5, 0.6) is 0 Å². The second-order valence-corrected chi connectivity index (χ2v) is 6.51. The lowest BCUT2D eigenvalue weighted by atomic mass is 10.2. The molecule has 112 valence electrons. The Balaban J connectivity index is 2.35. The second-order valence-electron chi connectivity index (χ2n) is 4.62. The molecule has 4 nitrogen and oxygen atoms in total. The summed E-state index contributed by atoms with van der Waals surface area (Å²) < 4.78 is 39.9. The van der Waals surface area contributed by atoms with Gasteiger partial charge in [-0.1, -0.05) is 24.3 Å². The van der Waals surface area contributed by atoms with E-state index in [-0.39, 0.29) is 18.0 Å². The summed E-state index contributed by atoms with van der Waals surface area (Å²) in [6.45, 7) is 1.83. The maximum absolute atomic E-state index is 13.8. The average Bonchev–Trinajstić information content (AvgIpc) is 2.41. The Morgan fingerprint density at radius 3 is 2.48 bits per heavy atom. The molecule has 0 amide bonds. The number of sulfonamides is 1. The molecule has 0 aromatic heterocycles. The first-order valence-corrected chi connectivity index (χ1v) is 8.14. The molecule has 2 N–H and O–H groups in total. The van der Waals surface area contributed by atoms with Crippen molar-refractivity contribution >= 4 is 21.4 Å². The highest BCUT2D eigenvalue weighted by atomic mass is 32.2. The van der Waals surface area contributed by atoms with Crippen molar-refractivity contribution in [3.05, 3.63) is 59.9 Å². The molecule has 6 heteroatoms. The van der Waals surface area contributed by atoms with Gasteiger partial charge >= 0.3 is 0 Å². The zero-order valence-corrected chi connectivity index (χ0v) is 12.5. The van der Waals surface area contributed by atoms with E-state index >= 15 is 0 Å². The van der Waals surface area contributed by atoms with Gasteiger partial charge in [-0.3, -0.25) is 4.31 Å². The van der Waals surface area contributed by atoms with E-state index in [0.29, 0.717) is 11.3 Å². The summed E-state index contributed by atoms with van der Waals surface area (Å²) in [5.74, 6) is -0.782. The second kappa shape index (κ2) is 6.13. The minimum absolute atomic E-state index is 0.0592. The van der Waals surface area contributed by atoms with Crippen LogP contribution >= 0.6 is 0 Å². The average molecular weight is 308 g/mol. The van der Waals surface area contributed by atoms with Gasteiger partial charge < -0.3 is 5.73 Å². The van der Waals surface area contributed by atoms with Gasteiger partial charge in [-0.05, 0) is 36.8 Å². The third-order valence-electron chi connectivity index (χ3n) is 3.04. The van der Waals surface area contributed by atoms with E-state index in [2.05, 4.69) is 0 Å². The predicted octanol–water partition coefficient (Wildman–Crippen LogP) is 2.76. The van der Waals surface area contributed by atoms with Crippen LogP contribution in [0.3, 0.4) is 0 Å². The fraction of sp³-hybridized carbons (Fsp3) is 0.200. The lowest BCUT2D eigenvalue weighted by molar-refractivity contribution is 0.585. The number of hydrogen-bond acceptors (Lipinski definition) is 3. The Hall–Kier alpha value is -2.08. The van der Waals surface area contributed by atoms with Gasteiger partial charge in [-0.15, -0.1) is 0 Å². The largest absolute Gasteiger partial charge is 0.399 e. The van der Waals surface area contributed by atoms with Crippen molar-refractivity contribution in [3.63, 3.8) is 0 Å². The summed E-state index contributed by atoms with van der Waals surface area (Å²) in [7, 11) is -3.68. The van der Waals surface area contributed by atoms with Crippen molar-refractivity contribution in [1.82, 2.24) is 0 Å². The highest BCUT2D eigenvalue weighted by molar-refractivity contribution is 7.92. The lowest BCUT2D eigenvalue weighted by Gasteiger charge is -2.23. The number of hydrogen-bond donors (Lipinski definition) is 1. The van der Waals surface area contributed by atoms with E-state index in [0.717, 1.165) is 4.31 Å². The van der Waals surface area contributed by atoms with E-state index in [1.54, 1.807) is 37.3 Å². The molecule has 0 aliphatic heterocycles. The van der Waals surface area contributed by atoms with Crippen LogP contribution in [-0.4, -0.2) is 15.0 Å². The maximum atomic E-state index is 13.8. The SMILES string of the molecule is CCN(c1ccccc1F)S(=O)(=O)Cc1cccc(N)c1. The quantitative estimate of drug-likeness (QED) is 0.864. The fourth-order valence-electron chi connectivity index (χ4n) is 2.14. The Bertz CT molecular complexity index is 732. The van der Waals surface area contributed by atoms with Gasteiger partial charge in [-0.2, -0.15) is 0 Å². The van der Waals surface area contributed by atoms with Crippen molar-refractivity contribution in [3.8, 4) is 0 Å². The predicted molar refractivity (Wildman–Crippen MR) is 82.9 cm³/mol. The number of para-hydroxylation sites is 1. The van der Waals surface area contributed by atoms with Gasteiger partial charge in [0.1, 0.15) is 5.82 Å². The lowest BCUT2D eigenvalue weighted by Crippen LogP contribution is -2.32. The summed E-state index contributed by atoms with van der Waals surface area (Å²) in [5, 5.41) is 0. The van der Waals surface area contributed by atoms with E-state index in [1.807, 2.05) is 0 Å². The van der Waals surface area contributed by atoms with Gasteiger partial charge in [-0.25, -0.2) is 12.8 Å². The first-order valence-electron chi connectivity index (χ1n) is 6.53. The monoisotopic (exact) mass is 308 g/mol. The molecule has 0 aliphatic carbocycles. The van der Waals surface area contributed by atoms with Crippen molar-refractivity contribution < 1.29 is 12.8 Å². The number of anilines is 2. The van der Waals surface area contributed by atoms with Crippen LogP contribution in [0.4, 0.5) is 15.8 Å². The first-order chi connectivity index (χ1) is 9.94. The van der Waals surface area contributed by atoms with Gasteiger partial charge in [0, 0.05) is 12.2 Å². The van der Waals surface area contributed by atoms with E-state index in [4.69, 9.17) is 5.73 Å². The molecule has 0 saturated carbocycles. The van der Waals surface area contributed by atoms with Crippen molar-refractivity contribution in [2.24, 2.45) is 0 Å². The maximum Gasteiger partial charge on any atom is 0.239 e. The molecule has 0 spiro atoms. The standard InChI is InChI=1S/C15H17FN2O2S/c1-2-18(15-9-4-3-8-14(15)16)21(19,20)11-12-6-5-7-13(17)10-12/h3-10H,2,11,17H2,1H3. The van der Waals surface area contributed by atoms with Gasteiger partial charge in [0.15, 0.2) is 0 Å². The summed E-state index contributed by atoms with van der Waals surface area (Å²) in [4.78, 5) is 0. The molecule has 0 fully saturated rings. The van der Waals surface area contributed by atoms with Crippen LogP contribution < -0.4 is 10.0 Å². The molecule has 0 bridgehead atoms. The van der Waals surface area contributed by atoms with Crippen LogP contribution in [0.1, 0.15) is 12.5 Å². The van der Waals surface area contributed by atoms with Crippen molar-refractivity contribution in [2.75, 3.05) is 16.6 Å². The number of nitrogen functional groups attached to an aromatic ring is 1. The molecule has 0 radical (unpaired) electrons. The van der Waals surface area contributed by atoms with Gasteiger partial charge in [0.05, 0.1) is 11.4 Å². The Morgan fingerprint density at radius 2 is 1.86 bits per heavy atom. The molecule has 2 aromatic rings. The Morgan fingerprint density at radius 1 is 1.14 bits per heavy atom. The van der Waals surface area contributed by atoms with Gasteiger partial charge in [0.2, 0.25) is 10.0 Å². The summed E-state index contributed by atoms with van der Waals surface area (Å²) in [6, 6.07) is 12.5. The fourth-order valence-corrected chi connectivity index (χ4v) is 3.74. The van der Waals surface area contributed by atoms with Gasteiger partial charge in [0.25, 0.3) is 0 Å². The molecule has 0 heterocycles. The smallest absolute Gasteiger partial charge is 0.239 e. The molecule has 0 unspecified atom stereocenters.